The molecule has 0 saturated carbocycles. The number of aromatic nitrogens is 2. The number of nitrogens with two attached hydrogens (primary N) is 2. The van der Waals surface area contributed by atoms with E-state index >= 15 is 0 Å². The Morgan fingerprint density at radius 3 is 3.11 bits per heavy atom. The van der Waals surface area contributed by atoms with E-state index in [-0.39, 0.29) is 13.2 Å². The number of anilines is 2. The third-order valence-electron chi connectivity index (χ3n) is 2.80. The van der Waals surface area contributed by atoms with Crippen molar-refractivity contribution >= 4 is 17.5 Å². The summed E-state index contributed by atoms with van der Waals surface area (Å²) in [5, 5.41) is 0. The summed E-state index contributed by atoms with van der Waals surface area (Å²) < 4.78 is 10.2. The number of carbonyl (C=O) groups excluding carboxylic acids is 1. The molecule has 2 rings (SSSR count). The molecule has 104 valence electrons. The molecule has 0 aliphatic carbocycles. The lowest BCUT2D eigenvalue weighted by atomic mass is 10.2. The van der Waals surface area contributed by atoms with Gasteiger partial charge >= 0.3 is 0 Å². The van der Waals surface area contributed by atoms with E-state index < -0.39 is 11.9 Å². The Bertz CT molecular complexity index is 468. The first-order valence-electron chi connectivity index (χ1n) is 5.88. The standard InChI is InChI=1S/C11H17N5O3/c1-18-6-9-14-8(12)4-10(15-9)16-2-3-19-5-7(16)11(13)17/h4,7H,2-3,5-6H2,1H3,(H2,13,17)(H2,12,14,15). The van der Waals surface area contributed by atoms with Crippen LogP contribution in [0.2, 0.25) is 0 Å². The molecule has 1 atom stereocenters. The third kappa shape index (κ3) is 3.09. The zero-order chi connectivity index (χ0) is 13.8. The summed E-state index contributed by atoms with van der Waals surface area (Å²) in [6.07, 6.45) is 0. The number of carbonyl (C=O) groups is 1. The number of hydrogen-bond acceptors (Lipinski definition) is 7. The minimum Gasteiger partial charge on any atom is -0.384 e. The molecule has 1 unspecified atom stereocenters. The summed E-state index contributed by atoms with van der Waals surface area (Å²) in [7, 11) is 1.55. The Morgan fingerprint density at radius 1 is 1.63 bits per heavy atom. The van der Waals surface area contributed by atoms with Crippen molar-refractivity contribution in [1.82, 2.24) is 9.97 Å². The van der Waals surface area contributed by atoms with Crippen molar-refractivity contribution in [3.63, 3.8) is 0 Å². The number of nitrogen functional groups attached to an aromatic ring is 1. The fourth-order valence-corrected chi connectivity index (χ4v) is 1.96. The minimum atomic E-state index is -0.543. The Hall–Kier alpha value is -1.93. The van der Waals surface area contributed by atoms with Gasteiger partial charge in [0.15, 0.2) is 5.82 Å². The first-order chi connectivity index (χ1) is 9.11. The first kappa shape index (κ1) is 13.5. The molecule has 8 nitrogen and oxygen atoms in total. The molecule has 0 spiro atoms. The van der Waals surface area contributed by atoms with Gasteiger partial charge in [-0.25, -0.2) is 9.97 Å². The summed E-state index contributed by atoms with van der Waals surface area (Å²) in [5.41, 5.74) is 11.1. The average molecular weight is 267 g/mol. The van der Waals surface area contributed by atoms with E-state index in [1.165, 1.54) is 0 Å². The first-order valence-corrected chi connectivity index (χ1v) is 5.88. The largest absolute Gasteiger partial charge is 0.384 e. The van der Waals surface area contributed by atoms with E-state index in [1.54, 1.807) is 18.1 Å². The molecule has 19 heavy (non-hydrogen) atoms. The molecule has 1 fully saturated rings. The van der Waals surface area contributed by atoms with Gasteiger partial charge in [-0.2, -0.15) is 0 Å². The fraction of sp³-hybridized carbons (Fsp3) is 0.545. The average Bonchev–Trinajstić information content (AvgIpc) is 2.38. The second-order valence-corrected chi connectivity index (χ2v) is 4.19. The highest BCUT2D eigenvalue weighted by molar-refractivity contribution is 5.83. The second kappa shape index (κ2) is 5.81. The monoisotopic (exact) mass is 267 g/mol. The summed E-state index contributed by atoms with van der Waals surface area (Å²) in [6.45, 7) is 1.53. The lowest BCUT2D eigenvalue weighted by molar-refractivity contribution is -0.121. The number of rotatable bonds is 4. The normalized spacial score (nSPS) is 19.4. The van der Waals surface area contributed by atoms with Crippen molar-refractivity contribution in [1.29, 1.82) is 0 Å². The van der Waals surface area contributed by atoms with Crippen LogP contribution in [0.4, 0.5) is 11.6 Å². The Labute approximate surface area is 110 Å². The van der Waals surface area contributed by atoms with E-state index in [9.17, 15) is 4.79 Å². The molecular formula is C11H17N5O3. The van der Waals surface area contributed by atoms with Gasteiger partial charge in [-0.05, 0) is 0 Å². The Balaban J connectivity index is 2.30. The SMILES string of the molecule is COCc1nc(N)cc(N2CCOCC2C(N)=O)n1. The zero-order valence-electron chi connectivity index (χ0n) is 10.7. The van der Waals surface area contributed by atoms with Gasteiger partial charge in [0.05, 0.1) is 13.2 Å². The summed E-state index contributed by atoms with van der Waals surface area (Å²) in [4.78, 5) is 21.6. The predicted octanol–water partition coefficient (Wildman–Crippen LogP) is -1.10. The molecule has 1 aliphatic rings. The molecule has 4 N–H and O–H groups in total. The molecular weight excluding hydrogens is 250 g/mol. The molecule has 1 aromatic rings. The number of ether oxygens (including phenoxy) is 2. The van der Waals surface area contributed by atoms with E-state index in [0.717, 1.165) is 0 Å². The van der Waals surface area contributed by atoms with Gasteiger partial charge in [0.25, 0.3) is 0 Å². The minimum absolute atomic E-state index is 0.249. The van der Waals surface area contributed by atoms with Crippen LogP contribution in [0, 0.1) is 0 Å². The molecule has 2 heterocycles. The lowest BCUT2D eigenvalue weighted by Gasteiger charge is -2.34. The van der Waals surface area contributed by atoms with Crippen molar-refractivity contribution in [2.45, 2.75) is 12.6 Å². The fourth-order valence-electron chi connectivity index (χ4n) is 1.96. The van der Waals surface area contributed by atoms with Gasteiger partial charge in [-0.15, -0.1) is 0 Å². The molecule has 1 amide bonds. The van der Waals surface area contributed by atoms with Crippen molar-refractivity contribution in [3.05, 3.63) is 11.9 Å². The van der Waals surface area contributed by atoms with Crippen molar-refractivity contribution < 1.29 is 14.3 Å². The maximum Gasteiger partial charge on any atom is 0.242 e. The van der Waals surface area contributed by atoms with Crippen LogP contribution in [0.3, 0.4) is 0 Å². The molecule has 0 bridgehead atoms. The Morgan fingerprint density at radius 2 is 2.42 bits per heavy atom. The number of morpholine rings is 1. The summed E-state index contributed by atoms with van der Waals surface area (Å²) >= 11 is 0. The van der Waals surface area contributed by atoms with Crippen LogP contribution in [0.25, 0.3) is 0 Å². The molecule has 1 aromatic heterocycles. The van der Waals surface area contributed by atoms with E-state index in [0.29, 0.717) is 30.6 Å². The van der Waals surface area contributed by atoms with Crippen LogP contribution in [-0.2, 0) is 20.9 Å². The number of primary amides is 1. The highest BCUT2D eigenvalue weighted by Crippen LogP contribution is 2.19. The van der Waals surface area contributed by atoms with Gasteiger partial charge in [-0.1, -0.05) is 0 Å². The number of amides is 1. The lowest BCUT2D eigenvalue weighted by Crippen LogP contribution is -2.53. The predicted molar refractivity (Wildman–Crippen MR) is 68.3 cm³/mol. The molecule has 1 saturated heterocycles. The van der Waals surface area contributed by atoms with Crippen molar-refractivity contribution in [2.24, 2.45) is 5.73 Å². The van der Waals surface area contributed by atoms with Crippen LogP contribution in [0.1, 0.15) is 5.82 Å². The maximum absolute atomic E-state index is 11.4. The molecule has 1 aliphatic heterocycles. The smallest absolute Gasteiger partial charge is 0.242 e. The van der Waals surface area contributed by atoms with Gasteiger partial charge in [0.1, 0.15) is 24.3 Å². The summed E-state index contributed by atoms with van der Waals surface area (Å²) in [5.74, 6) is 0.899. The van der Waals surface area contributed by atoms with Crippen LogP contribution in [0.15, 0.2) is 6.07 Å². The van der Waals surface area contributed by atoms with Gasteiger partial charge in [0, 0.05) is 19.7 Å². The van der Waals surface area contributed by atoms with Crippen LogP contribution in [-0.4, -0.2) is 48.8 Å². The van der Waals surface area contributed by atoms with Crippen molar-refractivity contribution in [3.8, 4) is 0 Å². The number of hydrogen-bond donors (Lipinski definition) is 2. The molecule has 0 aromatic carbocycles. The maximum atomic E-state index is 11.4. The van der Waals surface area contributed by atoms with Gasteiger partial charge in [0.2, 0.25) is 5.91 Å². The van der Waals surface area contributed by atoms with Crippen molar-refractivity contribution in [2.75, 3.05) is 37.5 Å². The summed E-state index contributed by atoms with van der Waals surface area (Å²) in [6, 6.07) is 1.07. The third-order valence-corrected chi connectivity index (χ3v) is 2.80. The zero-order valence-corrected chi connectivity index (χ0v) is 10.7. The molecule has 8 heteroatoms. The second-order valence-electron chi connectivity index (χ2n) is 4.19. The highest BCUT2D eigenvalue weighted by atomic mass is 16.5. The number of methoxy groups -OCH3 is 1. The van der Waals surface area contributed by atoms with Gasteiger partial charge < -0.3 is 25.8 Å². The van der Waals surface area contributed by atoms with Crippen LogP contribution >= 0.6 is 0 Å². The van der Waals surface area contributed by atoms with Gasteiger partial charge in [-0.3, -0.25) is 4.79 Å². The van der Waals surface area contributed by atoms with E-state index in [4.69, 9.17) is 20.9 Å². The van der Waals surface area contributed by atoms with Crippen LogP contribution < -0.4 is 16.4 Å². The topological polar surface area (TPSA) is 117 Å². The molecule has 0 radical (unpaired) electrons. The highest BCUT2D eigenvalue weighted by Gasteiger charge is 2.29. The quantitative estimate of drug-likeness (QED) is 0.710. The Kier molecular flexibility index (Phi) is 4.13. The van der Waals surface area contributed by atoms with E-state index in [1.807, 2.05) is 0 Å². The number of nitrogens with zero attached hydrogens (tertiary/aromatic N) is 3. The van der Waals surface area contributed by atoms with Crippen LogP contribution in [0.5, 0.6) is 0 Å². The van der Waals surface area contributed by atoms with E-state index in [2.05, 4.69) is 9.97 Å².